The molecule has 0 spiro atoms. The van der Waals surface area contributed by atoms with E-state index in [-0.39, 0.29) is 0 Å². The molecule has 0 saturated heterocycles. The number of fused-ring (bicyclic) bond motifs is 1. The fourth-order valence-electron chi connectivity index (χ4n) is 2.43. The molecule has 0 N–H and O–H groups in total. The van der Waals surface area contributed by atoms with Gasteiger partial charge in [-0.1, -0.05) is 25.1 Å². The highest BCUT2D eigenvalue weighted by atomic mass is 16.5. The number of hydrogen-bond acceptors (Lipinski definition) is 2. The Hall–Kier alpha value is -2.35. The summed E-state index contributed by atoms with van der Waals surface area (Å²) < 4.78 is 5.21. The molecule has 0 saturated carbocycles. The number of aryl methyl sites for hydroxylation is 1. The maximum atomic E-state index is 5.21. The first-order valence-corrected chi connectivity index (χ1v) is 6.85. The molecule has 0 bridgehead atoms. The van der Waals surface area contributed by atoms with E-state index in [0.29, 0.717) is 0 Å². The van der Waals surface area contributed by atoms with Crippen LogP contribution in [0.15, 0.2) is 54.6 Å². The third-order valence-corrected chi connectivity index (χ3v) is 3.55. The number of aromatic nitrogens is 1. The number of rotatable bonds is 3. The summed E-state index contributed by atoms with van der Waals surface area (Å²) in [4.78, 5) is 4.83. The van der Waals surface area contributed by atoms with Crippen molar-refractivity contribution in [1.29, 1.82) is 0 Å². The van der Waals surface area contributed by atoms with Gasteiger partial charge in [0.15, 0.2) is 0 Å². The SMILES string of the molecule is CCc1cc2ccccc2nc1-c1ccc(OC)cc1. The molecule has 20 heavy (non-hydrogen) atoms. The molecule has 0 aliphatic heterocycles. The van der Waals surface area contributed by atoms with E-state index in [2.05, 4.69) is 43.3 Å². The molecule has 0 atom stereocenters. The molecule has 0 fully saturated rings. The predicted molar refractivity (Wildman–Crippen MR) is 83.1 cm³/mol. The zero-order valence-electron chi connectivity index (χ0n) is 11.8. The summed E-state index contributed by atoms with van der Waals surface area (Å²) in [6, 6.07) is 18.6. The van der Waals surface area contributed by atoms with Gasteiger partial charge in [-0.25, -0.2) is 4.98 Å². The summed E-state index contributed by atoms with van der Waals surface area (Å²) in [7, 11) is 1.68. The Kier molecular flexibility index (Phi) is 3.38. The Morgan fingerprint density at radius 2 is 1.75 bits per heavy atom. The van der Waals surface area contributed by atoms with Gasteiger partial charge in [-0.15, -0.1) is 0 Å². The van der Waals surface area contributed by atoms with Gasteiger partial charge in [-0.2, -0.15) is 0 Å². The van der Waals surface area contributed by atoms with Crippen molar-refractivity contribution in [2.24, 2.45) is 0 Å². The van der Waals surface area contributed by atoms with Crippen LogP contribution in [0, 0.1) is 0 Å². The fraction of sp³-hybridized carbons (Fsp3) is 0.167. The lowest BCUT2D eigenvalue weighted by Gasteiger charge is -2.10. The summed E-state index contributed by atoms with van der Waals surface area (Å²) in [6.07, 6.45) is 0.971. The Bertz CT molecular complexity index is 732. The number of benzene rings is 2. The van der Waals surface area contributed by atoms with E-state index in [0.717, 1.165) is 28.9 Å². The maximum absolute atomic E-state index is 5.21. The van der Waals surface area contributed by atoms with Crippen molar-refractivity contribution in [2.75, 3.05) is 7.11 Å². The average Bonchev–Trinajstić information content (AvgIpc) is 2.53. The van der Waals surface area contributed by atoms with E-state index in [9.17, 15) is 0 Å². The van der Waals surface area contributed by atoms with Crippen LogP contribution >= 0.6 is 0 Å². The zero-order valence-corrected chi connectivity index (χ0v) is 11.8. The first kappa shape index (κ1) is 12.7. The first-order valence-electron chi connectivity index (χ1n) is 6.85. The van der Waals surface area contributed by atoms with Crippen LogP contribution in [0.2, 0.25) is 0 Å². The maximum Gasteiger partial charge on any atom is 0.118 e. The lowest BCUT2D eigenvalue weighted by molar-refractivity contribution is 0.415. The Morgan fingerprint density at radius 3 is 2.45 bits per heavy atom. The van der Waals surface area contributed by atoms with Crippen molar-refractivity contribution < 1.29 is 4.74 Å². The Labute approximate surface area is 119 Å². The molecule has 0 unspecified atom stereocenters. The van der Waals surface area contributed by atoms with Crippen molar-refractivity contribution in [3.8, 4) is 17.0 Å². The molecule has 0 aliphatic rings. The largest absolute Gasteiger partial charge is 0.497 e. The molecule has 2 heteroatoms. The molecular formula is C18H17NO. The van der Waals surface area contributed by atoms with E-state index in [1.54, 1.807) is 7.11 Å². The van der Waals surface area contributed by atoms with Crippen LogP contribution < -0.4 is 4.74 Å². The molecule has 0 aliphatic carbocycles. The molecule has 100 valence electrons. The van der Waals surface area contributed by atoms with Crippen LogP contribution in [0.1, 0.15) is 12.5 Å². The van der Waals surface area contributed by atoms with Crippen molar-refractivity contribution in [3.63, 3.8) is 0 Å². The van der Waals surface area contributed by atoms with Crippen LogP contribution in [0.25, 0.3) is 22.2 Å². The summed E-state index contributed by atoms with van der Waals surface area (Å²) in [5, 5.41) is 1.20. The predicted octanol–water partition coefficient (Wildman–Crippen LogP) is 4.47. The van der Waals surface area contributed by atoms with E-state index in [4.69, 9.17) is 9.72 Å². The normalized spacial score (nSPS) is 10.7. The highest BCUT2D eigenvalue weighted by molar-refractivity contribution is 5.83. The van der Waals surface area contributed by atoms with Gasteiger partial charge in [0, 0.05) is 10.9 Å². The topological polar surface area (TPSA) is 22.1 Å². The monoisotopic (exact) mass is 263 g/mol. The van der Waals surface area contributed by atoms with Crippen LogP contribution in [-0.4, -0.2) is 12.1 Å². The molecule has 1 aromatic heterocycles. The molecule has 0 amide bonds. The molecule has 3 aromatic rings. The standard InChI is InChI=1S/C18H17NO/c1-3-13-12-15-6-4-5-7-17(15)19-18(13)14-8-10-16(20-2)11-9-14/h4-12H,3H2,1-2H3. The second-order valence-electron chi connectivity index (χ2n) is 4.77. The fourth-order valence-corrected chi connectivity index (χ4v) is 2.43. The third-order valence-electron chi connectivity index (χ3n) is 3.55. The van der Waals surface area contributed by atoms with Crippen LogP contribution in [0.3, 0.4) is 0 Å². The minimum absolute atomic E-state index is 0.868. The van der Waals surface area contributed by atoms with Crippen LogP contribution in [-0.2, 0) is 6.42 Å². The van der Waals surface area contributed by atoms with Crippen LogP contribution in [0.4, 0.5) is 0 Å². The summed E-state index contributed by atoms with van der Waals surface area (Å²) in [5.74, 6) is 0.868. The average molecular weight is 263 g/mol. The second-order valence-corrected chi connectivity index (χ2v) is 4.77. The van der Waals surface area contributed by atoms with Crippen molar-refractivity contribution in [1.82, 2.24) is 4.98 Å². The van der Waals surface area contributed by atoms with Gasteiger partial charge in [0.25, 0.3) is 0 Å². The first-order chi connectivity index (χ1) is 9.81. The Morgan fingerprint density at radius 1 is 1.00 bits per heavy atom. The highest BCUT2D eigenvalue weighted by Gasteiger charge is 2.08. The molecule has 3 rings (SSSR count). The van der Waals surface area contributed by atoms with Gasteiger partial charge in [0.2, 0.25) is 0 Å². The molecule has 2 aromatic carbocycles. The third kappa shape index (κ3) is 2.25. The molecular weight excluding hydrogens is 246 g/mol. The summed E-state index contributed by atoms with van der Waals surface area (Å²) in [6.45, 7) is 2.17. The Balaban J connectivity index is 2.17. The smallest absolute Gasteiger partial charge is 0.118 e. The lowest BCUT2D eigenvalue weighted by atomic mass is 10.0. The molecule has 2 nitrogen and oxygen atoms in total. The number of pyridine rings is 1. The number of nitrogens with zero attached hydrogens (tertiary/aromatic N) is 1. The summed E-state index contributed by atoms with van der Waals surface area (Å²) >= 11 is 0. The van der Waals surface area contributed by atoms with Gasteiger partial charge in [-0.3, -0.25) is 0 Å². The number of hydrogen-bond donors (Lipinski definition) is 0. The van der Waals surface area contributed by atoms with Crippen molar-refractivity contribution in [2.45, 2.75) is 13.3 Å². The zero-order chi connectivity index (χ0) is 13.9. The van der Waals surface area contributed by atoms with Gasteiger partial charge in [-0.05, 0) is 48.4 Å². The minimum atomic E-state index is 0.868. The molecule has 1 heterocycles. The van der Waals surface area contributed by atoms with Gasteiger partial charge in [0.1, 0.15) is 5.75 Å². The van der Waals surface area contributed by atoms with E-state index in [1.165, 1.54) is 10.9 Å². The quantitative estimate of drug-likeness (QED) is 0.695. The van der Waals surface area contributed by atoms with Gasteiger partial charge < -0.3 is 4.74 Å². The van der Waals surface area contributed by atoms with E-state index in [1.807, 2.05) is 18.2 Å². The van der Waals surface area contributed by atoms with Crippen molar-refractivity contribution >= 4 is 10.9 Å². The minimum Gasteiger partial charge on any atom is -0.497 e. The highest BCUT2D eigenvalue weighted by Crippen LogP contribution is 2.27. The summed E-state index contributed by atoms with van der Waals surface area (Å²) in [5.41, 5.74) is 4.51. The number of ether oxygens (including phenoxy) is 1. The second kappa shape index (κ2) is 5.33. The number of methoxy groups -OCH3 is 1. The van der Waals surface area contributed by atoms with Crippen LogP contribution in [0.5, 0.6) is 5.75 Å². The molecule has 0 radical (unpaired) electrons. The van der Waals surface area contributed by atoms with Gasteiger partial charge >= 0.3 is 0 Å². The number of para-hydroxylation sites is 1. The van der Waals surface area contributed by atoms with E-state index >= 15 is 0 Å². The van der Waals surface area contributed by atoms with Crippen molar-refractivity contribution in [3.05, 3.63) is 60.2 Å². The van der Waals surface area contributed by atoms with Gasteiger partial charge in [0.05, 0.1) is 18.3 Å². The lowest BCUT2D eigenvalue weighted by Crippen LogP contribution is -1.93. The van der Waals surface area contributed by atoms with E-state index < -0.39 is 0 Å².